The Bertz CT molecular complexity index is 831. The Morgan fingerprint density at radius 2 is 1.03 bits per heavy atom. The monoisotopic (exact) mass is 448 g/mol. The molecule has 2 heterocycles. The maximum atomic E-state index is 5.90. The number of hydrogen-bond donors (Lipinski definition) is 2. The molecular formula is C27H36N4O2. The van der Waals surface area contributed by atoms with E-state index >= 15 is 0 Å². The van der Waals surface area contributed by atoms with Crippen molar-refractivity contribution in [3.63, 3.8) is 0 Å². The predicted octanol–water partition coefficient (Wildman–Crippen LogP) is 4.57. The molecule has 0 unspecified atom stereocenters. The fourth-order valence-corrected chi connectivity index (χ4v) is 3.95. The third-order valence-corrected chi connectivity index (χ3v) is 5.88. The van der Waals surface area contributed by atoms with Gasteiger partial charge in [0.25, 0.3) is 0 Å². The standard InChI is InChI=1S/C27H36N4O2/c1(6-20-32-24-12-8-22(9-13-24)26-28-16-2-3-17-29-26)7-21-33-25-14-10-23(11-15-25)27-30-18-4-5-19-31-27/h8-15H,1-7,16-21H2,(H,28,29)(H,30,31). The van der Waals surface area contributed by atoms with Crippen molar-refractivity contribution in [1.82, 2.24) is 10.6 Å². The molecule has 2 aromatic carbocycles. The molecule has 2 aliphatic rings. The SMILES string of the molecule is c1cc(C2=NCCCCN2)ccc1OCCCCCOc1ccc(C2=NCCCCN2)cc1. The van der Waals surface area contributed by atoms with Gasteiger partial charge in [-0.1, -0.05) is 0 Å². The van der Waals surface area contributed by atoms with Gasteiger partial charge in [0.15, 0.2) is 0 Å². The number of amidine groups is 2. The van der Waals surface area contributed by atoms with E-state index < -0.39 is 0 Å². The van der Waals surface area contributed by atoms with Crippen molar-refractivity contribution in [3.8, 4) is 11.5 Å². The maximum absolute atomic E-state index is 5.90. The number of ether oxygens (including phenoxy) is 2. The lowest BCUT2D eigenvalue weighted by Crippen LogP contribution is -2.24. The molecule has 0 amide bonds. The van der Waals surface area contributed by atoms with Gasteiger partial charge in [-0.05, 0) is 93.5 Å². The van der Waals surface area contributed by atoms with Gasteiger partial charge in [0, 0.05) is 37.3 Å². The second-order valence-electron chi connectivity index (χ2n) is 8.53. The summed E-state index contributed by atoms with van der Waals surface area (Å²) in [5.74, 6) is 3.83. The van der Waals surface area contributed by atoms with E-state index in [0.717, 1.165) is 106 Å². The molecule has 176 valence electrons. The van der Waals surface area contributed by atoms with E-state index in [-0.39, 0.29) is 0 Å². The number of hydrogen-bond acceptors (Lipinski definition) is 6. The molecule has 6 nitrogen and oxygen atoms in total. The van der Waals surface area contributed by atoms with Crippen molar-refractivity contribution >= 4 is 11.7 Å². The molecule has 2 aromatic rings. The first-order chi connectivity index (χ1) is 16.4. The minimum absolute atomic E-state index is 0.725. The van der Waals surface area contributed by atoms with Gasteiger partial charge in [-0.25, -0.2) is 0 Å². The van der Waals surface area contributed by atoms with Gasteiger partial charge in [0.2, 0.25) is 0 Å². The first-order valence-electron chi connectivity index (χ1n) is 12.4. The number of unbranched alkanes of at least 4 members (excludes halogenated alkanes) is 2. The van der Waals surface area contributed by atoms with E-state index in [9.17, 15) is 0 Å². The van der Waals surface area contributed by atoms with Gasteiger partial charge in [-0.15, -0.1) is 0 Å². The van der Waals surface area contributed by atoms with E-state index in [0.29, 0.717) is 0 Å². The summed E-state index contributed by atoms with van der Waals surface area (Å²) in [6.45, 7) is 5.26. The van der Waals surface area contributed by atoms with Gasteiger partial charge in [-0.2, -0.15) is 0 Å². The van der Waals surface area contributed by atoms with Crippen LogP contribution in [0.5, 0.6) is 11.5 Å². The molecule has 0 aromatic heterocycles. The molecule has 0 radical (unpaired) electrons. The van der Waals surface area contributed by atoms with Crippen LogP contribution in [-0.4, -0.2) is 51.1 Å². The van der Waals surface area contributed by atoms with E-state index in [4.69, 9.17) is 9.47 Å². The van der Waals surface area contributed by atoms with Crippen molar-refractivity contribution < 1.29 is 9.47 Å². The van der Waals surface area contributed by atoms with Crippen molar-refractivity contribution in [3.05, 3.63) is 59.7 Å². The van der Waals surface area contributed by atoms with Crippen molar-refractivity contribution in [1.29, 1.82) is 0 Å². The largest absolute Gasteiger partial charge is 0.494 e. The van der Waals surface area contributed by atoms with E-state index in [2.05, 4.69) is 44.9 Å². The van der Waals surface area contributed by atoms with Crippen LogP contribution in [0.15, 0.2) is 58.5 Å². The molecule has 0 spiro atoms. The van der Waals surface area contributed by atoms with Gasteiger partial charge in [0.05, 0.1) is 13.2 Å². The van der Waals surface area contributed by atoms with Crippen LogP contribution in [0.2, 0.25) is 0 Å². The first kappa shape index (κ1) is 23.1. The van der Waals surface area contributed by atoms with Gasteiger partial charge < -0.3 is 20.1 Å². The van der Waals surface area contributed by atoms with Crippen LogP contribution in [-0.2, 0) is 0 Å². The molecule has 4 rings (SSSR count). The van der Waals surface area contributed by atoms with E-state index in [1.807, 2.05) is 24.3 Å². The Morgan fingerprint density at radius 1 is 0.576 bits per heavy atom. The predicted molar refractivity (Wildman–Crippen MR) is 135 cm³/mol. The molecule has 0 bridgehead atoms. The topological polar surface area (TPSA) is 67.2 Å². The van der Waals surface area contributed by atoms with Crippen LogP contribution in [0.25, 0.3) is 0 Å². The Kier molecular flexibility index (Phi) is 9.03. The molecule has 2 aliphatic heterocycles. The number of nitrogens with one attached hydrogen (secondary N) is 2. The van der Waals surface area contributed by atoms with Crippen LogP contribution in [0.4, 0.5) is 0 Å². The summed E-state index contributed by atoms with van der Waals surface area (Å²) in [7, 11) is 0. The van der Waals surface area contributed by atoms with Crippen molar-refractivity contribution in [2.45, 2.75) is 44.9 Å². The molecular weight excluding hydrogens is 412 g/mol. The summed E-state index contributed by atoms with van der Waals surface area (Å²) in [4.78, 5) is 9.25. The highest BCUT2D eigenvalue weighted by Crippen LogP contribution is 2.16. The highest BCUT2D eigenvalue weighted by molar-refractivity contribution is 5.99. The van der Waals surface area contributed by atoms with Crippen LogP contribution in [0.1, 0.15) is 56.1 Å². The molecule has 0 fully saturated rings. The number of rotatable bonds is 10. The van der Waals surface area contributed by atoms with Crippen LogP contribution >= 0.6 is 0 Å². The van der Waals surface area contributed by atoms with Crippen LogP contribution < -0.4 is 20.1 Å². The molecule has 6 heteroatoms. The third kappa shape index (κ3) is 7.52. The Hall–Kier alpha value is -3.02. The van der Waals surface area contributed by atoms with E-state index in [1.165, 1.54) is 12.8 Å². The number of nitrogens with zero attached hydrogens (tertiary/aromatic N) is 2. The smallest absolute Gasteiger partial charge is 0.128 e. The molecule has 33 heavy (non-hydrogen) atoms. The van der Waals surface area contributed by atoms with Gasteiger partial charge in [0.1, 0.15) is 23.2 Å². The highest BCUT2D eigenvalue weighted by Gasteiger charge is 2.07. The zero-order valence-corrected chi connectivity index (χ0v) is 19.5. The van der Waals surface area contributed by atoms with Crippen LogP contribution in [0, 0.1) is 0 Å². The Labute approximate surface area is 197 Å². The minimum Gasteiger partial charge on any atom is -0.494 e. The van der Waals surface area contributed by atoms with Crippen molar-refractivity contribution in [2.24, 2.45) is 9.98 Å². The summed E-state index contributed by atoms with van der Waals surface area (Å²) in [5.41, 5.74) is 2.26. The highest BCUT2D eigenvalue weighted by atomic mass is 16.5. The van der Waals surface area contributed by atoms with Gasteiger partial charge in [-0.3, -0.25) is 9.98 Å². The molecule has 2 N–H and O–H groups in total. The minimum atomic E-state index is 0.725. The average Bonchev–Trinajstić information content (AvgIpc) is 3.30. The first-order valence-corrected chi connectivity index (χ1v) is 12.4. The lowest BCUT2D eigenvalue weighted by atomic mass is 10.2. The lowest BCUT2D eigenvalue weighted by molar-refractivity contribution is 0.279. The lowest BCUT2D eigenvalue weighted by Gasteiger charge is -2.10. The summed E-state index contributed by atoms with van der Waals surface area (Å²) in [6.07, 6.45) is 7.79. The normalized spacial score (nSPS) is 16.4. The summed E-state index contributed by atoms with van der Waals surface area (Å²) >= 11 is 0. The van der Waals surface area contributed by atoms with E-state index in [1.54, 1.807) is 0 Å². The van der Waals surface area contributed by atoms with Crippen LogP contribution in [0.3, 0.4) is 0 Å². The van der Waals surface area contributed by atoms with Crippen molar-refractivity contribution in [2.75, 3.05) is 39.4 Å². The molecule has 0 saturated heterocycles. The maximum Gasteiger partial charge on any atom is 0.128 e. The second-order valence-corrected chi connectivity index (χ2v) is 8.53. The quantitative estimate of drug-likeness (QED) is 0.523. The van der Waals surface area contributed by atoms with Gasteiger partial charge >= 0.3 is 0 Å². The Morgan fingerprint density at radius 3 is 1.48 bits per heavy atom. The summed E-state index contributed by atoms with van der Waals surface area (Å²) in [6, 6.07) is 16.5. The fourth-order valence-electron chi connectivity index (χ4n) is 3.95. The zero-order chi connectivity index (χ0) is 22.6. The average molecular weight is 449 g/mol. The molecule has 0 aliphatic carbocycles. The summed E-state index contributed by atoms with van der Waals surface area (Å²) < 4.78 is 11.8. The molecule has 0 atom stereocenters. The summed E-state index contributed by atoms with van der Waals surface area (Å²) in [5, 5.41) is 6.82. The third-order valence-electron chi connectivity index (χ3n) is 5.88. The zero-order valence-electron chi connectivity index (χ0n) is 19.5. The number of benzene rings is 2. The second kappa shape index (κ2) is 12.9. The Balaban J connectivity index is 1.09. The number of aliphatic imine (C=N–C) groups is 2. The molecule has 0 saturated carbocycles. The fraction of sp³-hybridized carbons (Fsp3) is 0.481.